The third kappa shape index (κ3) is 5.20. The van der Waals surface area contributed by atoms with Crippen molar-refractivity contribution in [2.75, 3.05) is 0 Å². The Hall–Kier alpha value is -4.19. The van der Waals surface area contributed by atoms with Crippen molar-refractivity contribution in [3.63, 3.8) is 0 Å². The average molecular weight is 404 g/mol. The first-order chi connectivity index (χ1) is 14.5. The van der Waals surface area contributed by atoms with Gasteiger partial charge in [-0.25, -0.2) is 14.0 Å². The second-order valence-corrected chi connectivity index (χ2v) is 6.00. The third-order valence-electron chi connectivity index (χ3n) is 3.93. The number of rotatable bonds is 7. The fourth-order valence-electron chi connectivity index (χ4n) is 2.47. The predicted molar refractivity (Wildman–Crippen MR) is 111 cm³/mol. The molecule has 2 aromatic carbocycles. The van der Waals surface area contributed by atoms with Gasteiger partial charge in [-0.2, -0.15) is 0 Å². The summed E-state index contributed by atoms with van der Waals surface area (Å²) in [4.78, 5) is 22.4. The number of carbonyl (C=O) groups excluding carboxylic acids is 2. The van der Waals surface area contributed by atoms with E-state index in [-0.39, 0.29) is 5.75 Å². The van der Waals surface area contributed by atoms with Crippen LogP contribution in [0.2, 0.25) is 0 Å². The fraction of sp³-hybridized carbons (Fsp3) is 0. The molecular formula is C24H17FO5. The third-order valence-corrected chi connectivity index (χ3v) is 3.93. The lowest BCUT2D eigenvalue weighted by atomic mass is 10.1. The van der Waals surface area contributed by atoms with E-state index in [4.69, 9.17) is 13.9 Å². The second-order valence-electron chi connectivity index (χ2n) is 6.00. The highest BCUT2D eigenvalue weighted by Crippen LogP contribution is 2.28. The summed E-state index contributed by atoms with van der Waals surface area (Å²) in [5.74, 6) is -0.687. The zero-order valence-electron chi connectivity index (χ0n) is 15.8. The van der Waals surface area contributed by atoms with Crippen LogP contribution in [0.15, 0.2) is 84.3 Å². The van der Waals surface area contributed by atoms with Crippen molar-refractivity contribution in [1.29, 1.82) is 0 Å². The van der Waals surface area contributed by atoms with E-state index in [1.807, 2.05) is 6.08 Å². The van der Waals surface area contributed by atoms with Crippen molar-refractivity contribution < 1.29 is 27.9 Å². The first kappa shape index (κ1) is 20.5. The lowest BCUT2D eigenvalue weighted by Gasteiger charge is -2.04. The summed E-state index contributed by atoms with van der Waals surface area (Å²) in [7, 11) is 0. The smallest absolute Gasteiger partial charge is 0.335 e. The molecule has 0 saturated carbocycles. The Kier molecular flexibility index (Phi) is 6.39. The molecule has 0 saturated heterocycles. The summed E-state index contributed by atoms with van der Waals surface area (Å²) in [6, 6.07) is 14.5. The van der Waals surface area contributed by atoms with Crippen LogP contribution >= 0.6 is 0 Å². The van der Waals surface area contributed by atoms with Gasteiger partial charge in [0.05, 0.1) is 0 Å². The van der Waals surface area contributed by atoms with Gasteiger partial charge in [0.1, 0.15) is 17.3 Å². The van der Waals surface area contributed by atoms with Gasteiger partial charge >= 0.3 is 11.9 Å². The summed E-state index contributed by atoms with van der Waals surface area (Å²) in [5.41, 5.74) is 1.37. The second kappa shape index (κ2) is 9.34. The van der Waals surface area contributed by atoms with E-state index < -0.39 is 17.8 Å². The number of hydrogen-bond donors (Lipinski definition) is 0. The Morgan fingerprint density at radius 2 is 1.57 bits per heavy atom. The van der Waals surface area contributed by atoms with Gasteiger partial charge < -0.3 is 13.9 Å². The van der Waals surface area contributed by atoms with E-state index in [2.05, 4.69) is 13.2 Å². The van der Waals surface area contributed by atoms with Gasteiger partial charge in [0.15, 0.2) is 11.6 Å². The molecule has 1 heterocycles. The molecule has 150 valence electrons. The number of hydrogen-bond acceptors (Lipinski definition) is 5. The van der Waals surface area contributed by atoms with Crippen LogP contribution in [0.1, 0.15) is 11.3 Å². The van der Waals surface area contributed by atoms with Gasteiger partial charge in [-0.3, -0.25) is 0 Å². The van der Waals surface area contributed by atoms with Crippen molar-refractivity contribution in [1.82, 2.24) is 0 Å². The molecule has 3 aromatic rings. The number of ether oxygens (including phenoxy) is 2. The molecular weight excluding hydrogens is 387 g/mol. The first-order valence-electron chi connectivity index (χ1n) is 8.85. The minimum absolute atomic E-state index is 0.183. The van der Waals surface area contributed by atoms with E-state index in [0.717, 1.165) is 17.7 Å². The summed E-state index contributed by atoms with van der Waals surface area (Å²) in [6.45, 7) is 6.62. The number of halogens is 1. The monoisotopic (exact) mass is 404 g/mol. The van der Waals surface area contributed by atoms with Crippen LogP contribution in [0.5, 0.6) is 11.5 Å². The topological polar surface area (TPSA) is 65.7 Å². The van der Waals surface area contributed by atoms with Gasteiger partial charge in [0.25, 0.3) is 0 Å². The standard InChI is InChI=1S/C24H17FO5/c1-3-23(26)29-19-10-6-16(7-11-19)5-9-18-12-14-21(28-18)17-8-13-22(20(25)15-17)30-24(27)4-2/h3-15H,1-2H2/b9-5+. The Morgan fingerprint density at radius 3 is 2.23 bits per heavy atom. The predicted octanol–water partition coefficient (Wildman–Crippen LogP) is 5.44. The lowest BCUT2D eigenvalue weighted by molar-refractivity contribution is -0.130. The Labute approximate surface area is 172 Å². The average Bonchev–Trinajstić information content (AvgIpc) is 3.23. The van der Waals surface area contributed by atoms with Crippen molar-refractivity contribution in [3.8, 4) is 22.8 Å². The lowest BCUT2D eigenvalue weighted by Crippen LogP contribution is -2.04. The molecule has 0 atom stereocenters. The van der Waals surface area contributed by atoms with Gasteiger partial charge in [0.2, 0.25) is 0 Å². The summed E-state index contributed by atoms with van der Waals surface area (Å²) in [5, 5.41) is 0. The van der Waals surface area contributed by atoms with Crippen molar-refractivity contribution >= 4 is 24.1 Å². The number of furan rings is 1. The Morgan fingerprint density at radius 1 is 0.867 bits per heavy atom. The van der Waals surface area contributed by atoms with Crippen LogP contribution in [0, 0.1) is 5.82 Å². The molecule has 0 fully saturated rings. The molecule has 0 spiro atoms. The van der Waals surface area contributed by atoms with Crippen LogP contribution in [0.3, 0.4) is 0 Å². The molecule has 0 aliphatic rings. The van der Waals surface area contributed by atoms with Gasteiger partial charge in [-0.15, -0.1) is 0 Å². The van der Waals surface area contributed by atoms with E-state index >= 15 is 0 Å². The van der Waals surface area contributed by atoms with Gasteiger partial charge in [-0.1, -0.05) is 31.4 Å². The summed E-state index contributed by atoms with van der Waals surface area (Å²) < 4.78 is 29.7. The molecule has 0 amide bonds. The highest BCUT2D eigenvalue weighted by molar-refractivity contribution is 5.84. The maximum Gasteiger partial charge on any atom is 0.335 e. The summed E-state index contributed by atoms with van der Waals surface area (Å²) in [6.07, 6.45) is 5.63. The van der Waals surface area contributed by atoms with Crippen molar-refractivity contribution in [2.24, 2.45) is 0 Å². The molecule has 6 heteroatoms. The number of carbonyl (C=O) groups is 2. The van der Waals surface area contributed by atoms with E-state index in [1.165, 1.54) is 12.1 Å². The van der Waals surface area contributed by atoms with Crippen molar-refractivity contribution in [2.45, 2.75) is 0 Å². The number of benzene rings is 2. The highest BCUT2D eigenvalue weighted by Gasteiger charge is 2.11. The van der Waals surface area contributed by atoms with Crippen molar-refractivity contribution in [3.05, 3.63) is 97.0 Å². The minimum Gasteiger partial charge on any atom is -0.457 e. The maximum atomic E-state index is 14.1. The molecule has 3 rings (SSSR count). The normalized spacial score (nSPS) is 10.6. The molecule has 0 bridgehead atoms. The summed E-state index contributed by atoms with van der Waals surface area (Å²) >= 11 is 0. The van der Waals surface area contributed by atoms with E-state index in [1.54, 1.807) is 48.5 Å². The van der Waals surface area contributed by atoms with E-state index in [9.17, 15) is 14.0 Å². The highest BCUT2D eigenvalue weighted by atomic mass is 19.1. The van der Waals surface area contributed by atoms with Crippen LogP contribution in [0.4, 0.5) is 4.39 Å². The zero-order chi connectivity index (χ0) is 21.5. The zero-order valence-corrected chi connectivity index (χ0v) is 15.8. The molecule has 5 nitrogen and oxygen atoms in total. The SMILES string of the molecule is C=CC(=O)Oc1ccc(/C=C/c2ccc(-c3ccc(OC(=O)C=C)c(F)c3)o2)cc1. The Bertz CT molecular complexity index is 1120. The molecule has 0 aliphatic carbocycles. The molecule has 0 radical (unpaired) electrons. The number of esters is 2. The molecule has 0 N–H and O–H groups in total. The van der Waals surface area contributed by atoms with Crippen LogP contribution < -0.4 is 9.47 Å². The first-order valence-corrected chi connectivity index (χ1v) is 8.85. The van der Waals surface area contributed by atoms with Crippen LogP contribution in [-0.4, -0.2) is 11.9 Å². The largest absolute Gasteiger partial charge is 0.457 e. The fourth-order valence-corrected chi connectivity index (χ4v) is 2.47. The van der Waals surface area contributed by atoms with Crippen LogP contribution in [-0.2, 0) is 9.59 Å². The Balaban J connectivity index is 1.69. The quantitative estimate of drug-likeness (QED) is 0.298. The maximum absolute atomic E-state index is 14.1. The molecule has 0 aliphatic heterocycles. The van der Waals surface area contributed by atoms with Gasteiger partial charge in [-0.05, 0) is 54.1 Å². The van der Waals surface area contributed by atoms with Crippen LogP contribution in [0.25, 0.3) is 23.5 Å². The minimum atomic E-state index is -0.737. The van der Waals surface area contributed by atoms with E-state index in [0.29, 0.717) is 22.8 Å². The molecule has 0 unspecified atom stereocenters. The molecule has 30 heavy (non-hydrogen) atoms. The van der Waals surface area contributed by atoms with Gasteiger partial charge in [0, 0.05) is 17.7 Å². The molecule has 1 aromatic heterocycles.